The lowest BCUT2D eigenvalue weighted by Gasteiger charge is -2.13. The van der Waals surface area contributed by atoms with Crippen molar-refractivity contribution in [2.75, 3.05) is 21.3 Å². The Morgan fingerprint density at radius 1 is 1.03 bits per heavy atom. The highest BCUT2D eigenvalue weighted by atomic mass is 32.1. The predicted octanol–water partition coefficient (Wildman–Crippen LogP) is 4.28. The number of benzene rings is 2. The molecular formula is C23H22N4O5S. The van der Waals surface area contributed by atoms with Crippen LogP contribution in [0.2, 0.25) is 0 Å². The molecular weight excluding hydrogens is 444 g/mol. The Labute approximate surface area is 194 Å². The number of nitrogens with zero attached hydrogens (tertiary/aromatic N) is 2. The summed E-state index contributed by atoms with van der Waals surface area (Å²) in [6, 6.07) is 12.7. The summed E-state index contributed by atoms with van der Waals surface area (Å²) in [5.74, 6) is 1.90. The largest absolute Gasteiger partial charge is 0.493 e. The zero-order chi connectivity index (χ0) is 23.2. The monoisotopic (exact) mass is 466 g/mol. The summed E-state index contributed by atoms with van der Waals surface area (Å²) >= 11 is 1.42. The van der Waals surface area contributed by atoms with Gasteiger partial charge in [0.1, 0.15) is 11.4 Å². The van der Waals surface area contributed by atoms with Crippen molar-refractivity contribution in [3.63, 3.8) is 0 Å². The van der Waals surface area contributed by atoms with Gasteiger partial charge < -0.3 is 24.3 Å². The minimum atomic E-state index is -0.274. The molecule has 0 atom stereocenters. The summed E-state index contributed by atoms with van der Waals surface area (Å²) < 4.78 is 21.8. The zero-order valence-electron chi connectivity index (χ0n) is 18.2. The summed E-state index contributed by atoms with van der Waals surface area (Å²) in [7, 11) is 4.63. The Hall–Kier alpha value is -4.05. The summed E-state index contributed by atoms with van der Waals surface area (Å²) in [6.45, 7) is 0.356. The smallest absolute Gasteiger partial charge is 0.278 e. The maximum absolute atomic E-state index is 12.6. The highest BCUT2D eigenvalue weighted by Crippen LogP contribution is 2.40. The first-order valence-corrected chi connectivity index (χ1v) is 10.8. The molecule has 1 amide bonds. The summed E-state index contributed by atoms with van der Waals surface area (Å²) in [5.41, 5.74) is 2.56. The lowest BCUT2D eigenvalue weighted by atomic mass is 10.1. The standard InChI is InChI=1S/C23H22N4O5S/c1-29-19-10-15(11-20(30-2)21(19)31-3)17-12-18(27-26-17)22(28)25-13-14-4-6-16(7-5-14)32-23-24-8-9-33-23/h4-12H,13H2,1-3H3,(H,25,28)(H,26,27). The maximum atomic E-state index is 12.6. The highest BCUT2D eigenvalue weighted by molar-refractivity contribution is 7.11. The van der Waals surface area contributed by atoms with Crippen molar-refractivity contribution in [1.82, 2.24) is 20.5 Å². The summed E-state index contributed by atoms with van der Waals surface area (Å²) in [4.78, 5) is 16.7. The molecule has 0 bridgehead atoms. The molecule has 4 rings (SSSR count). The third-order valence-corrected chi connectivity index (χ3v) is 5.42. The van der Waals surface area contributed by atoms with E-state index in [4.69, 9.17) is 18.9 Å². The summed E-state index contributed by atoms with van der Waals surface area (Å²) in [5, 5.41) is 12.3. The first-order valence-electron chi connectivity index (χ1n) is 9.91. The molecule has 2 N–H and O–H groups in total. The van der Waals surface area contributed by atoms with Gasteiger partial charge in [0.25, 0.3) is 11.1 Å². The number of amides is 1. The first-order chi connectivity index (χ1) is 16.1. The number of methoxy groups -OCH3 is 3. The molecule has 0 aliphatic carbocycles. The van der Waals surface area contributed by atoms with Crippen molar-refractivity contribution >= 4 is 17.2 Å². The SMILES string of the molecule is COc1cc(-c2cc(C(=O)NCc3ccc(Oc4nccs4)cc3)[nH]n2)cc(OC)c1OC. The van der Waals surface area contributed by atoms with Gasteiger partial charge in [0, 0.05) is 23.7 Å². The number of rotatable bonds is 9. The number of hydrogen-bond acceptors (Lipinski definition) is 8. The molecule has 4 aromatic rings. The number of aromatic nitrogens is 3. The van der Waals surface area contributed by atoms with Crippen molar-refractivity contribution in [2.24, 2.45) is 0 Å². The van der Waals surface area contributed by atoms with E-state index < -0.39 is 0 Å². The molecule has 0 unspecified atom stereocenters. The first kappa shape index (κ1) is 22.2. The molecule has 0 saturated carbocycles. The van der Waals surface area contributed by atoms with Gasteiger partial charge in [0.2, 0.25) is 5.75 Å². The topological polar surface area (TPSA) is 108 Å². The van der Waals surface area contributed by atoms with Crippen LogP contribution < -0.4 is 24.3 Å². The van der Waals surface area contributed by atoms with Gasteiger partial charge >= 0.3 is 0 Å². The van der Waals surface area contributed by atoms with Gasteiger partial charge in [-0.15, -0.1) is 0 Å². The Balaban J connectivity index is 1.41. The van der Waals surface area contributed by atoms with Crippen LogP contribution in [-0.2, 0) is 6.54 Å². The third kappa shape index (κ3) is 5.07. The van der Waals surface area contributed by atoms with Crippen molar-refractivity contribution in [3.8, 4) is 39.4 Å². The Morgan fingerprint density at radius 2 is 1.76 bits per heavy atom. The second kappa shape index (κ2) is 10.0. The van der Waals surface area contributed by atoms with E-state index in [1.165, 1.54) is 11.3 Å². The minimum absolute atomic E-state index is 0.274. The minimum Gasteiger partial charge on any atom is -0.493 e. The average Bonchev–Trinajstić information content (AvgIpc) is 3.55. The van der Waals surface area contributed by atoms with Crippen LogP contribution in [0, 0.1) is 0 Å². The van der Waals surface area contributed by atoms with Crippen molar-refractivity contribution in [3.05, 3.63) is 65.3 Å². The van der Waals surface area contributed by atoms with Gasteiger partial charge in [-0.1, -0.05) is 23.5 Å². The molecule has 0 fully saturated rings. The third-order valence-electron chi connectivity index (χ3n) is 4.77. The van der Waals surface area contributed by atoms with E-state index in [9.17, 15) is 4.79 Å². The van der Waals surface area contributed by atoms with Gasteiger partial charge in [-0.05, 0) is 35.9 Å². The number of thiazole rings is 1. The zero-order valence-corrected chi connectivity index (χ0v) is 19.1. The van der Waals surface area contributed by atoms with Crippen LogP contribution in [0.5, 0.6) is 28.2 Å². The van der Waals surface area contributed by atoms with Gasteiger partial charge in [0.15, 0.2) is 11.5 Å². The molecule has 0 radical (unpaired) electrons. The van der Waals surface area contributed by atoms with E-state index in [2.05, 4.69) is 20.5 Å². The molecule has 170 valence electrons. The van der Waals surface area contributed by atoms with E-state index in [0.29, 0.717) is 46.1 Å². The van der Waals surface area contributed by atoms with Crippen LogP contribution in [0.25, 0.3) is 11.3 Å². The number of ether oxygens (including phenoxy) is 4. The van der Waals surface area contributed by atoms with Crippen LogP contribution in [-0.4, -0.2) is 42.4 Å². The van der Waals surface area contributed by atoms with Crippen LogP contribution in [0.3, 0.4) is 0 Å². The number of H-pyrrole nitrogens is 1. The van der Waals surface area contributed by atoms with Gasteiger partial charge in [-0.25, -0.2) is 4.98 Å². The molecule has 0 spiro atoms. The van der Waals surface area contributed by atoms with E-state index in [-0.39, 0.29) is 5.91 Å². The normalized spacial score (nSPS) is 10.5. The second-order valence-corrected chi connectivity index (χ2v) is 7.66. The van der Waals surface area contributed by atoms with Gasteiger partial charge in [-0.3, -0.25) is 9.89 Å². The molecule has 0 aliphatic heterocycles. The Morgan fingerprint density at radius 3 is 2.36 bits per heavy atom. The van der Waals surface area contributed by atoms with Crippen molar-refractivity contribution < 1.29 is 23.7 Å². The van der Waals surface area contributed by atoms with E-state index in [1.807, 2.05) is 29.6 Å². The fourth-order valence-electron chi connectivity index (χ4n) is 3.13. The van der Waals surface area contributed by atoms with Crippen molar-refractivity contribution in [1.29, 1.82) is 0 Å². The summed E-state index contributed by atoms with van der Waals surface area (Å²) in [6.07, 6.45) is 1.69. The predicted molar refractivity (Wildman–Crippen MR) is 123 cm³/mol. The fraction of sp³-hybridized carbons (Fsp3) is 0.174. The van der Waals surface area contributed by atoms with Crippen LogP contribution in [0.1, 0.15) is 16.1 Å². The molecule has 2 heterocycles. The van der Waals surface area contributed by atoms with Crippen LogP contribution >= 0.6 is 11.3 Å². The fourth-order valence-corrected chi connectivity index (χ4v) is 3.63. The van der Waals surface area contributed by atoms with Gasteiger partial charge in [-0.2, -0.15) is 5.10 Å². The Kier molecular flexibility index (Phi) is 6.75. The second-order valence-electron chi connectivity index (χ2n) is 6.81. The van der Waals surface area contributed by atoms with E-state index in [0.717, 1.165) is 11.1 Å². The molecule has 0 aliphatic rings. The maximum Gasteiger partial charge on any atom is 0.278 e. The number of nitrogens with one attached hydrogen (secondary N) is 2. The van der Waals surface area contributed by atoms with Gasteiger partial charge in [0.05, 0.1) is 27.0 Å². The Bertz CT molecular complexity index is 1200. The van der Waals surface area contributed by atoms with E-state index >= 15 is 0 Å². The van der Waals surface area contributed by atoms with Crippen LogP contribution in [0.15, 0.2) is 54.0 Å². The highest BCUT2D eigenvalue weighted by Gasteiger charge is 2.17. The number of carbonyl (C=O) groups excluding carboxylic acids is 1. The lowest BCUT2D eigenvalue weighted by molar-refractivity contribution is 0.0946. The molecule has 2 aromatic heterocycles. The average molecular weight is 467 g/mol. The number of carbonyl (C=O) groups is 1. The molecule has 2 aromatic carbocycles. The lowest BCUT2D eigenvalue weighted by Crippen LogP contribution is -2.23. The number of aromatic amines is 1. The molecule has 10 heteroatoms. The quantitative estimate of drug-likeness (QED) is 0.379. The molecule has 33 heavy (non-hydrogen) atoms. The molecule has 0 saturated heterocycles. The molecule has 9 nitrogen and oxygen atoms in total. The van der Waals surface area contributed by atoms with E-state index in [1.54, 1.807) is 45.7 Å². The number of hydrogen-bond donors (Lipinski definition) is 2. The van der Waals surface area contributed by atoms with Crippen molar-refractivity contribution in [2.45, 2.75) is 6.54 Å². The van der Waals surface area contributed by atoms with Crippen LogP contribution in [0.4, 0.5) is 0 Å².